The highest BCUT2D eigenvalue weighted by Crippen LogP contribution is 2.67. The second kappa shape index (κ2) is 21.1. The first-order valence-electron chi connectivity index (χ1n) is 24.9. The van der Waals surface area contributed by atoms with Crippen molar-refractivity contribution in [3.63, 3.8) is 0 Å². The lowest BCUT2D eigenvalue weighted by Gasteiger charge is -2.46. The van der Waals surface area contributed by atoms with E-state index >= 15 is 19.2 Å². The fraction of sp³-hybridized carbons (Fsp3) is 0.421. The second-order valence-electron chi connectivity index (χ2n) is 19.3. The van der Waals surface area contributed by atoms with Crippen molar-refractivity contribution in [3.05, 3.63) is 143 Å². The predicted molar refractivity (Wildman–Crippen MR) is 263 cm³/mol. The van der Waals surface area contributed by atoms with E-state index in [1.54, 1.807) is 43.0 Å². The van der Waals surface area contributed by atoms with Crippen molar-refractivity contribution in [3.8, 4) is 17.6 Å². The first-order valence-corrected chi connectivity index (χ1v) is 24.9. The Bertz CT molecular complexity index is 2690. The molecule has 4 aromatic rings. The quantitative estimate of drug-likeness (QED) is 0.117. The summed E-state index contributed by atoms with van der Waals surface area (Å²) in [5.41, 5.74) is 1.96. The molecule has 0 radical (unpaired) electrons. The van der Waals surface area contributed by atoms with Crippen LogP contribution >= 0.6 is 0 Å². The predicted octanol–water partition coefficient (Wildman–Crippen LogP) is 8.28. The van der Waals surface area contributed by atoms with Crippen LogP contribution in [0.2, 0.25) is 0 Å². The zero-order valence-electron chi connectivity index (χ0n) is 40.2. The van der Waals surface area contributed by atoms with E-state index < -0.39 is 77.3 Å². The molecule has 70 heavy (non-hydrogen) atoms. The number of benzene rings is 4. The molecule has 9 rings (SSSR count). The Hall–Kier alpha value is -6.75. The molecule has 1 spiro atoms. The van der Waals surface area contributed by atoms with Gasteiger partial charge in [-0.25, -0.2) is 14.5 Å². The van der Waals surface area contributed by atoms with Gasteiger partial charge in [0.05, 0.1) is 37.4 Å². The van der Waals surface area contributed by atoms with Gasteiger partial charge in [-0.2, -0.15) is 0 Å². The molecule has 13 nitrogen and oxygen atoms in total. The van der Waals surface area contributed by atoms with E-state index in [0.29, 0.717) is 41.1 Å². The molecule has 4 aromatic carbocycles. The van der Waals surface area contributed by atoms with Crippen molar-refractivity contribution in [2.24, 2.45) is 11.8 Å². The number of hydrogen-bond donors (Lipinski definition) is 2. The topological polar surface area (TPSA) is 155 Å². The normalized spacial score (nSPS) is 24.8. The molecule has 0 bridgehead atoms. The number of aliphatic hydroxyl groups excluding tert-OH is 1. The van der Waals surface area contributed by atoms with Crippen molar-refractivity contribution >= 4 is 35.5 Å². The van der Waals surface area contributed by atoms with Crippen molar-refractivity contribution in [1.82, 2.24) is 15.1 Å². The summed E-state index contributed by atoms with van der Waals surface area (Å²) in [6, 6.07) is 26.1. The van der Waals surface area contributed by atoms with Gasteiger partial charge in [0.2, 0.25) is 11.8 Å². The van der Waals surface area contributed by atoms with E-state index in [-0.39, 0.29) is 18.9 Å². The van der Waals surface area contributed by atoms with Crippen LogP contribution in [0.5, 0.6) is 5.75 Å². The van der Waals surface area contributed by atoms with E-state index in [2.05, 4.69) is 23.2 Å². The maximum absolute atomic E-state index is 16.9. The third-order valence-electron chi connectivity index (χ3n) is 14.7. The molecule has 3 fully saturated rings. The maximum atomic E-state index is 16.9. The van der Waals surface area contributed by atoms with Crippen molar-refractivity contribution < 1.29 is 43.3 Å². The van der Waals surface area contributed by atoms with Crippen LogP contribution in [0.1, 0.15) is 118 Å². The molecule has 0 saturated carbocycles. The van der Waals surface area contributed by atoms with Crippen LogP contribution in [0, 0.1) is 23.7 Å². The number of para-hydroxylation sites is 1. The van der Waals surface area contributed by atoms with Crippen LogP contribution in [0.15, 0.2) is 115 Å². The number of nitrogens with one attached hydrogen (secondary N) is 1. The van der Waals surface area contributed by atoms with E-state index in [9.17, 15) is 9.90 Å². The molecule has 364 valence electrons. The van der Waals surface area contributed by atoms with E-state index in [4.69, 9.17) is 14.2 Å². The fourth-order valence-electron chi connectivity index (χ4n) is 11.5. The van der Waals surface area contributed by atoms with Gasteiger partial charge in [-0.05, 0) is 91.0 Å². The van der Waals surface area contributed by atoms with Crippen LogP contribution in [0.3, 0.4) is 0 Å². The molecule has 7 atom stereocenters. The number of rotatable bonds is 10. The molecule has 13 heteroatoms. The van der Waals surface area contributed by atoms with Crippen molar-refractivity contribution in [2.75, 3.05) is 38.3 Å². The lowest BCUT2D eigenvalue weighted by molar-refractivity contribution is -0.179. The Morgan fingerprint density at radius 3 is 2.19 bits per heavy atom. The molecule has 5 aliphatic rings. The Morgan fingerprint density at radius 2 is 1.51 bits per heavy atom. The molecule has 4 aliphatic heterocycles. The number of esters is 2. The third-order valence-corrected chi connectivity index (χ3v) is 14.7. The van der Waals surface area contributed by atoms with Crippen LogP contribution in [-0.4, -0.2) is 90.2 Å². The number of anilines is 1. The molecule has 4 amide bonds. The summed E-state index contributed by atoms with van der Waals surface area (Å²) in [7, 11) is 1.24. The SMILES string of the molecule is COC(=O)[C@@H](NC(=O)N1C(=O)[C@@]2(c3cc(C#CC4=CCCCC4)ccc31)[C@H](c1ccccc1OCCO)N1[C@H](c3ccccc3)[C@H](c3ccccc3)OC(=O)[C@H]1[C@@H]2C(=O)N1CCCCCCC1)C(C)C. The number of likely N-dealkylation sites (tertiary alicyclic amines) is 1. The fourth-order valence-corrected chi connectivity index (χ4v) is 11.5. The maximum Gasteiger partial charge on any atom is 0.329 e. The van der Waals surface area contributed by atoms with Gasteiger partial charge in [-0.3, -0.25) is 19.3 Å². The number of ether oxygens (including phenoxy) is 3. The second-order valence-corrected chi connectivity index (χ2v) is 19.3. The van der Waals surface area contributed by atoms with Crippen molar-refractivity contribution in [2.45, 2.75) is 107 Å². The van der Waals surface area contributed by atoms with Gasteiger partial charge in [0.25, 0.3) is 0 Å². The zero-order chi connectivity index (χ0) is 48.9. The number of aliphatic hydroxyl groups is 1. The summed E-state index contributed by atoms with van der Waals surface area (Å²) in [5, 5.41) is 13.0. The standard InChI is InChI=1S/C57H62N4O9/c1-37(2)47(53(64)68-3)58-56(67)60-44-31-30-39(29-28-38-20-10-7-11-21-38)36-43(44)57(55(60)66)46(52(63)59-32-18-5-4-6-19-33-59)49-54(65)70-50(41-24-14-9-15-25-41)48(40-22-12-8-13-23-40)61(49)51(57)42-26-16-17-27-45(42)69-35-34-62/h8-9,12-17,20,22-27,30-31,36-37,46-51,62H,4-7,10-11,18-19,21,32-35H2,1-3H3,(H,58,67)/t46-,47+,48-,49-,50+,51+,57-/m1/s1. The first-order chi connectivity index (χ1) is 34.1. The highest BCUT2D eigenvalue weighted by atomic mass is 16.6. The van der Waals surface area contributed by atoms with Gasteiger partial charge in [0.15, 0.2) is 0 Å². The molecular formula is C57H62N4O9. The smallest absolute Gasteiger partial charge is 0.329 e. The van der Waals surface area contributed by atoms with Gasteiger partial charge < -0.3 is 29.5 Å². The number of carbonyl (C=O) groups excluding carboxylic acids is 5. The monoisotopic (exact) mass is 946 g/mol. The van der Waals surface area contributed by atoms with Gasteiger partial charge >= 0.3 is 18.0 Å². The van der Waals surface area contributed by atoms with Crippen LogP contribution in [-0.2, 0) is 34.1 Å². The minimum atomic E-state index is -2.05. The number of morpholine rings is 1. The average Bonchev–Trinajstić information content (AvgIpc) is 3.83. The number of carbonyl (C=O) groups is 5. The Labute approximate surface area is 410 Å². The lowest BCUT2D eigenvalue weighted by atomic mass is 9.64. The van der Waals surface area contributed by atoms with Crippen LogP contribution < -0.4 is 15.0 Å². The molecule has 3 saturated heterocycles. The Morgan fingerprint density at radius 1 is 0.829 bits per heavy atom. The number of urea groups is 1. The summed E-state index contributed by atoms with van der Waals surface area (Å²) in [4.78, 5) is 82.2. The molecule has 1 aliphatic carbocycles. The number of methoxy groups -OCH3 is 1. The number of imide groups is 1. The van der Waals surface area contributed by atoms with E-state index in [1.165, 1.54) is 7.11 Å². The number of hydrogen-bond acceptors (Lipinski definition) is 10. The summed E-state index contributed by atoms with van der Waals surface area (Å²) < 4.78 is 18.2. The lowest BCUT2D eigenvalue weighted by Crippen LogP contribution is -2.58. The average molecular weight is 947 g/mol. The van der Waals surface area contributed by atoms with E-state index in [0.717, 1.165) is 73.8 Å². The first kappa shape index (κ1) is 48.3. The van der Waals surface area contributed by atoms with Crippen molar-refractivity contribution in [1.29, 1.82) is 0 Å². The molecule has 0 unspecified atom stereocenters. The van der Waals surface area contributed by atoms with Gasteiger partial charge in [0, 0.05) is 24.2 Å². The highest BCUT2D eigenvalue weighted by Gasteiger charge is 2.76. The largest absolute Gasteiger partial charge is 0.491 e. The minimum Gasteiger partial charge on any atom is -0.491 e. The number of allylic oxidation sites excluding steroid dienone is 2. The van der Waals surface area contributed by atoms with Crippen LogP contribution in [0.4, 0.5) is 10.5 Å². The number of fused-ring (bicyclic) bond motifs is 3. The Kier molecular flexibility index (Phi) is 14.5. The van der Waals surface area contributed by atoms with Gasteiger partial charge in [-0.15, -0.1) is 0 Å². The summed E-state index contributed by atoms with van der Waals surface area (Å²) in [6.07, 6.45) is 9.43. The molecule has 0 aromatic heterocycles. The number of nitrogens with zero attached hydrogens (tertiary/aromatic N) is 3. The summed E-state index contributed by atoms with van der Waals surface area (Å²) in [6.45, 7) is 3.94. The molecule has 4 heterocycles. The number of amides is 4. The molecular weight excluding hydrogens is 885 g/mol. The number of cyclic esters (lactones) is 1. The minimum absolute atomic E-state index is 0.0914. The summed E-state index contributed by atoms with van der Waals surface area (Å²) >= 11 is 0. The highest BCUT2D eigenvalue weighted by molar-refractivity contribution is 6.25. The third kappa shape index (κ3) is 8.88. The zero-order valence-corrected chi connectivity index (χ0v) is 40.2. The molecule has 2 N–H and O–H groups in total. The summed E-state index contributed by atoms with van der Waals surface area (Å²) in [5.74, 6) is 2.62. The van der Waals surface area contributed by atoms with Crippen LogP contribution in [0.25, 0.3) is 0 Å². The Balaban J connectivity index is 1.38. The van der Waals surface area contributed by atoms with Gasteiger partial charge in [0.1, 0.15) is 36.0 Å². The van der Waals surface area contributed by atoms with E-state index in [1.807, 2.05) is 83.8 Å². The van der Waals surface area contributed by atoms with Gasteiger partial charge in [-0.1, -0.05) is 130 Å².